The molecule has 1 aromatic carbocycles. The number of rotatable bonds is 5. The molecule has 1 aromatic rings. The van der Waals surface area contributed by atoms with E-state index in [0.717, 1.165) is 0 Å². The number of benzene rings is 1. The van der Waals surface area contributed by atoms with Gasteiger partial charge in [-0.25, -0.2) is 4.79 Å². The molecule has 0 heterocycles. The molecule has 0 amide bonds. The fourth-order valence-corrected chi connectivity index (χ4v) is 4.00. The molecule has 0 saturated carbocycles. The number of carbonyl (C=O) groups excluding carboxylic acids is 1. The zero-order valence-corrected chi connectivity index (χ0v) is 12.2. The minimum Gasteiger partial charge on any atom is -0.465 e. The minimum absolute atomic E-state index is 0.222. The number of ether oxygens (including phenoxy) is 1. The van der Waals surface area contributed by atoms with Crippen molar-refractivity contribution in [3.05, 3.63) is 35.4 Å². The first-order chi connectivity index (χ1) is 9.05. The van der Waals surface area contributed by atoms with E-state index < -0.39 is 33.0 Å². The summed E-state index contributed by atoms with van der Waals surface area (Å²) in [6.45, 7) is 0. The SMILES string of the molecule is COC(=O)c1ccc(CC(P(=O)(O)O)P(=O)(O)O)cc1. The van der Waals surface area contributed by atoms with Crippen molar-refractivity contribution in [2.75, 3.05) is 7.11 Å². The van der Waals surface area contributed by atoms with Gasteiger partial charge >= 0.3 is 21.2 Å². The first kappa shape index (κ1) is 17.0. The summed E-state index contributed by atoms with van der Waals surface area (Å²) in [6.07, 6.45) is -0.504. The van der Waals surface area contributed by atoms with Crippen molar-refractivity contribution in [3.63, 3.8) is 0 Å². The van der Waals surface area contributed by atoms with Gasteiger partial charge in [0.1, 0.15) is 0 Å². The van der Waals surface area contributed by atoms with Gasteiger partial charge in [-0.3, -0.25) is 9.13 Å². The summed E-state index contributed by atoms with van der Waals surface area (Å²) in [7, 11) is -8.71. The van der Waals surface area contributed by atoms with E-state index in [4.69, 9.17) is 19.6 Å². The molecule has 0 bridgehead atoms. The third-order valence-corrected chi connectivity index (χ3v) is 6.29. The number of hydrogen-bond acceptors (Lipinski definition) is 4. The van der Waals surface area contributed by atoms with Crippen LogP contribution < -0.4 is 0 Å². The van der Waals surface area contributed by atoms with Crippen molar-refractivity contribution in [1.82, 2.24) is 0 Å². The van der Waals surface area contributed by atoms with E-state index in [1.165, 1.54) is 31.4 Å². The molecule has 20 heavy (non-hydrogen) atoms. The van der Waals surface area contributed by atoms with E-state index >= 15 is 0 Å². The van der Waals surface area contributed by atoms with Gasteiger partial charge in [0.2, 0.25) is 0 Å². The van der Waals surface area contributed by atoms with E-state index in [9.17, 15) is 13.9 Å². The van der Waals surface area contributed by atoms with Crippen LogP contribution in [-0.2, 0) is 20.3 Å². The van der Waals surface area contributed by atoms with Crippen LogP contribution in [0.25, 0.3) is 0 Å². The molecule has 10 heteroatoms. The minimum atomic E-state index is -4.95. The Balaban J connectivity index is 2.99. The average molecular weight is 324 g/mol. The second-order valence-corrected chi connectivity index (χ2v) is 8.06. The molecule has 0 spiro atoms. The van der Waals surface area contributed by atoms with Crippen LogP contribution in [0.2, 0.25) is 0 Å². The molecule has 1 rings (SSSR count). The summed E-state index contributed by atoms with van der Waals surface area (Å²) in [4.78, 5) is 47.2. The highest BCUT2D eigenvalue weighted by molar-refractivity contribution is 7.70. The molecule has 0 aromatic heterocycles. The predicted molar refractivity (Wildman–Crippen MR) is 69.4 cm³/mol. The Kier molecular flexibility index (Phi) is 5.27. The van der Waals surface area contributed by atoms with Crippen LogP contribution in [-0.4, -0.2) is 38.1 Å². The zero-order chi connectivity index (χ0) is 15.6. The lowest BCUT2D eigenvalue weighted by molar-refractivity contribution is 0.0600. The largest absolute Gasteiger partial charge is 0.465 e. The van der Waals surface area contributed by atoms with Crippen LogP contribution in [0.1, 0.15) is 15.9 Å². The van der Waals surface area contributed by atoms with Gasteiger partial charge in [-0.1, -0.05) is 12.1 Å². The Hall–Kier alpha value is -1.01. The summed E-state index contributed by atoms with van der Waals surface area (Å²) in [6, 6.07) is 5.39. The third kappa shape index (κ3) is 4.52. The maximum Gasteiger partial charge on any atom is 0.341 e. The van der Waals surface area contributed by atoms with E-state index in [1.807, 2.05) is 0 Å². The molecule has 0 aliphatic heterocycles. The van der Waals surface area contributed by atoms with E-state index in [2.05, 4.69) is 4.74 Å². The smallest absolute Gasteiger partial charge is 0.341 e. The zero-order valence-electron chi connectivity index (χ0n) is 10.4. The number of carbonyl (C=O) groups is 1. The normalized spacial score (nSPS) is 12.5. The van der Waals surface area contributed by atoms with Crippen LogP contribution in [0.5, 0.6) is 0 Å². The summed E-state index contributed by atoms with van der Waals surface area (Å²) >= 11 is 0. The molecule has 0 atom stereocenters. The van der Waals surface area contributed by atoms with Crippen molar-refractivity contribution in [1.29, 1.82) is 0 Å². The standard InChI is InChI=1S/C10H14O8P2/c1-18-10(11)8-4-2-7(3-5-8)6-9(19(12,13)14)20(15,16)17/h2-5,9H,6H2,1H3,(H2,12,13,14)(H2,15,16,17). The van der Waals surface area contributed by atoms with Crippen LogP contribution in [0.3, 0.4) is 0 Å². The first-order valence-electron chi connectivity index (χ1n) is 5.33. The van der Waals surface area contributed by atoms with Gasteiger partial charge in [-0.2, -0.15) is 0 Å². The molecule has 4 N–H and O–H groups in total. The second kappa shape index (κ2) is 6.18. The van der Waals surface area contributed by atoms with Crippen LogP contribution in [0.4, 0.5) is 0 Å². The van der Waals surface area contributed by atoms with Gasteiger partial charge in [0, 0.05) is 0 Å². The predicted octanol–water partition coefficient (Wildman–Crippen LogP) is 0.697. The maximum atomic E-state index is 11.2. The second-order valence-electron chi connectivity index (χ2n) is 4.05. The molecule has 112 valence electrons. The molecule has 0 fully saturated rings. The number of hydrogen-bond donors (Lipinski definition) is 4. The first-order valence-corrected chi connectivity index (χ1v) is 8.69. The lowest BCUT2D eigenvalue weighted by atomic mass is 10.1. The monoisotopic (exact) mass is 324 g/mol. The van der Waals surface area contributed by atoms with Crippen molar-refractivity contribution < 1.29 is 38.2 Å². The van der Waals surface area contributed by atoms with Crippen LogP contribution >= 0.6 is 15.2 Å². The Morgan fingerprint density at radius 1 is 1.10 bits per heavy atom. The fraction of sp³-hybridized carbons (Fsp3) is 0.300. The lowest BCUT2D eigenvalue weighted by Crippen LogP contribution is -2.13. The number of esters is 1. The lowest BCUT2D eigenvalue weighted by Gasteiger charge is -2.19. The highest BCUT2D eigenvalue weighted by atomic mass is 31.2. The highest BCUT2D eigenvalue weighted by Gasteiger charge is 2.43. The molecule has 0 aliphatic carbocycles. The van der Waals surface area contributed by atoms with E-state index in [0.29, 0.717) is 0 Å². The topological polar surface area (TPSA) is 141 Å². The van der Waals surface area contributed by atoms with Crippen molar-refractivity contribution in [3.8, 4) is 0 Å². The average Bonchev–Trinajstić information content (AvgIpc) is 2.33. The van der Waals surface area contributed by atoms with Gasteiger partial charge < -0.3 is 24.3 Å². The van der Waals surface area contributed by atoms with E-state index in [-0.39, 0.29) is 11.1 Å². The molecular weight excluding hydrogens is 310 g/mol. The van der Waals surface area contributed by atoms with Crippen molar-refractivity contribution in [2.45, 2.75) is 11.8 Å². The summed E-state index contributed by atoms with van der Waals surface area (Å²) in [5.74, 6) is -0.585. The molecule has 0 saturated heterocycles. The Morgan fingerprint density at radius 3 is 1.90 bits per heavy atom. The molecular formula is C10H14O8P2. The highest BCUT2D eigenvalue weighted by Crippen LogP contribution is 2.60. The van der Waals surface area contributed by atoms with E-state index in [1.54, 1.807) is 0 Å². The van der Waals surface area contributed by atoms with Gasteiger partial charge in [0.25, 0.3) is 0 Å². The molecule has 8 nitrogen and oxygen atoms in total. The summed E-state index contributed by atoms with van der Waals surface area (Å²) < 4.78 is 26.7. The van der Waals surface area contributed by atoms with Gasteiger partial charge in [0.05, 0.1) is 12.7 Å². The molecule has 0 radical (unpaired) electrons. The molecule has 0 aliphatic rings. The van der Waals surface area contributed by atoms with Crippen molar-refractivity contribution >= 4 is 21.2 Å². The van der Waals surface area contributed by atoms with Gasteiger partial charge in [-0.05, 0) is 24.1 Å². The fourth-order valence-electron chi connectivity index (χ4n) is 1.54. The van der Waals surface area contributed by atoms with Gasteiger partial charge in [0.15, 0.2) is 5.40 Å². The Labute approximate surface area is 114 Å². The summed E-state index contributed by atoms with van der Waals surface area (Å²) in [5.41, 5.74) is 0.509. The van der Waals surface area contributed by atoms with Gasteiger partial charge in [-0.15, -0.1) is 0 Å². The van der Waals surface area contributed by atoms with Crippen molar-refractivity contribution in [2.24, 2.45) is 0 Å². The van der Waals surface area contributed by atoms with Crippen LogP contribution in [0, 0.1) is 0 Å². The van der Waals surface area contributed by atoms with Crippen LogP contribution in [0.15, 0.2) is 24.3 Å². The quantitative estimate of drug-likeness (QED) is 0.458. The number of methoxy groups -OCH3 is 1. The maximum absolute atomic E-state index is 11.2. The molecule has 0 unspecified atom stereocenters. The Morgan fingerprint density at radius 2 is 1.55 bits per heavy atom. The third-order valence-electron chi connectivity index (χ3n) is 2.57. The Bertz CT molecular complexity index is 547. The summed E-state index contributed by atoms with van der Waals surface area (Å²) in [5, 5.41) is -2.10.